The van der Waals surface area contributed by atoms with Gasteiger partial charge in [0, 0.05) is 12.8 Å². The Morgan fingerprint density at radius 3 is 1.90 bits per heavy atom. The van der Waals surface area contributed by atoms with Gasteiger partial charge >= 0.3 is 0 Å². The molecule has 3 atom stereocenters. The molecule has 12 heteroatoms. The van der Waals surface area contributed by atoms with E-state index in [1.807, 2.05) is 6.07 Å². The zero-order valence-corrected chi connectivity index (χ0v) is 25.8. The molecule has 0 aliphatic heterocycles. The molecule has 4 N–H and O–H groups in total. The highest BCUT2D eigenvalue weighted by molar-refractivity contribution is 7.90. The molecule has 0 aliphatic carbocycles. The first-order chi connectivity index (χ1) is 19.4. The van der Waals surface area contributed by atoms with E-state index in [2.05, 4.69) is 21.3 Å². The maximum absolute atomic E-state index is 13.3. The van der Waals surface area contributed by atoms with Crippen LogP contribution in [0.1, 0.15) is 57.5 Å². The highest BCUT2D eigenvalue weighted by Gasteiger charge is 2.36. The molecule has 0 bridgehead atoms. The fourth-order valence-electron chi connectivity index (χ4n) is 4.04. The van der Waals surface area contributed by atoms with Crippen LogP contribution in [0.15, 0.2) is 59.5 Å². The van der Waals surface area contributed by atoms with Gasteiger partial charge in [-0.1, -0.05) is 77.1 Å². The zero-order valence-electron chi connectivity index (χ0n) is 25.0. The van der Waals surface area contributed by atoms with Crippen molar-refractivity contribution >= 4 is 39.2 Å². The van der Waals surface area contributed by atoms with Crippen LogP contribution in [-0.4, -0.2) is 62.2 Å². The first-order valence-electron chi connectivity index (χ1n) is 13.5. The number of carbonyl (C=O) groups is 5. The average Bonchev–Trinajstić information content (AvgIpc) is 2.91. The Morgan fingerprint density at radius 2 is 1.36 bits per heavy atom. The van der Waals surface area contributed by atoms with E-state index in [0.29, 0.717) is 0 Å². The first-order valence-corrected chi connectivity index (χ1v) is 15.4. The molecule has 228 valence electrons. The summed E-state index contributed by atoms with van der Waals surface area (Å²) >= 11 is 0. The van der Waals surface area contributed by atoms with E-state index in [1.54, 1.807) is 58.9 Å². The predicted octanol–water partition coefficient (Wildman–Crippen LogP) is 1.77. The lowest BCUT2D eigenvalue weighted by Crippen LogP contribution is -2.59. The number of hydrogen-bond acceptors (Lipinski definition) is 7. The van der Waals surface area contributed by atoms with Crippen molar-refractivity contribution in [2.75, 3.05) is 6.26 Å². The summed E-state index contributed by atoms with van der Waals surface area (Å²) in [4.78, 5) is 64.6. The number of ketones is 1. The van der Waals surface area contributed by atoms with Crippen LogP contribution in [0, 0.1) is 11.3 Å². The van der Waals surface area contributed by atoms with Gasteiger partial charge in [0.25, 0.3) is 11.8 Å². The summed E-state index contributed by atoms with van der Waals surface area (Å²) < 4.78 is 24.3. The lowest BCUT2D eigenvalue weighted by molar-refractivity contribution is -0.141. The fraction of sp³-hybridized carbons (Fsp3) is 0.433. The Bertz CT molecular complexity index is 1420. The molecule has 0 aliphatic rings. The van der Waals surface area contributed by atoms with Crippen LogP contribution in [0.2, 0.25) is 0 Å². The molecule has 4 amide bonds. The summed E-state index contributed by atoms with van der Waals surface area (Å²) in [5.74, 6) is -4.26. The van der Waals surface area contributed by atoms with E-state index < -0.39 is 68.7 Å². The third kappa shape index (κ3) is 9.51. The molecule has 0 heterocycles. The summed E-state index contributed by atoms with van der Waals surface area (Å²) in [7, 11) is -3.72. The number of rotatable bonds is 12. The molecule has 0 radical (unpaired) electrons. The third-order valence-corrected chi connectivity index (χ3v) is 7.61. The Kier molecular flexibility index (Phi) is 11.6. The SMILES string of the molecule is CC(C)[C@H](NC(=O)[C@H](C)NC(=O)[C@@H](NC(=O)c1ccccc1S(C)(=O)=O)C(C)(C)C)C(=O)C(=O)NCc1ccccc1. The van der Waals surface area contributed by atoms with Crippen LogP contribution >= 0.6 is 0 Å². The summed E-state index contributed by atoms with van der Waals surface area (Å²) in [6.07, 6.45) is 0.982. The second-order valence-corrected chi connectivity index (χ2v) is 13.5. The number of amides is 4. The number of hydrogen-bond donors (Lipinski definition) is 4. The van der Waals surface area contributed by atoms with Gasteiger partial charge in [0.15, 0.2) is 9.84 Å². The fourth-order valence-corrected chi connectivity index (χ4v) is 4.93. The van der Waals surface area contributed by atoms with E-state index in [4.69, 9.17) is 0 Å². The van der Waals surface area contributed by atoms with Gasteiger partial charge in [-0.25, -0.2) is 8.42 Å². The minimum absolute atomic E-state index is 0.114. The first kappa shape index (κ1) is 34.1. The molecule has 2 rings (SSSR count). The molecule has 42 heavy (non-hydrogen) atoms. The maximum atomic E-state index is 13.3. The standard InChI is InChI=1S/C30H40N4O7S/c1-18(2)23(24(35)28(38)31-17-20-13-9-8-10-14-20)33-26(36)19(3)32-29(39)25(30(4,5)6)34-27(37)21-15-11-12-16-22(21)42(7,40)41/h8-16,18-19,23,25H,17H2,1-7H3,(H,31,38)(H,32,39)(H,33,36)(H,34,37)/t19-,23-,25+/m0/s1. The van der Waals surface area contributed by atoms with E-state index >= 15 is 0 Å². The molecule has 0 saturated heterocycles. The van der Waals surface area contributed by atoms with Crippen LogP contribution in [0.25, 0.3) is 0 Å². The summed E-state index contributed by atoms with van der Waals surface area (Å²) in [5, 5.41) is 10.3. The maximum Gasteiger partial charge on any atom is 0.289 e. The Morgan fingerprint density at radius 1 is 0.786 bits per heavy atom. The summed E-state index contributed by atoms with van der Waals surface area (Å²) in [5.41, 5.74) is -0.138. The lowest BCUT2D eigenvalue weighted by Gasteiger charge is -2.31. The number of sulfone groups is 1. The number of nitrogens with one attached hydrogen (secondary N) is 4. The molecule has 0 saturated carbocycles. The third-order valence-electron chi connectivity index (χ3n) is 6.45. The van der Waals surface area contributed by atoms with E-state index in [-0.39, 0.29) is 17.0 Å². The van der Waals surface area contributed by atoms with Crippen molar-refractivity contribution in [1.29, 1.82) is 0 Å². The van der Waals surface area contributed by atoms with Crippen molar-refractivity contribution in [1.82, 2.24) is 21.3 Å². The van der Waals surface area contributed by atoms with Crippen molar-refractivity contribution < 1.29 is 32.4 Å². The smallest absolute Gasteiger partial charge is 0.289 e. The molecule has 11 nitrogen and oxygen atoms in total. The number of benzene rings is 2. The minimum Gasteiger partial charge on any atom is -0.345 e. The van der Waals surface area contributed by atoms with Crippen molar-refractivity contribution in [3.05, 3.63) is 65.7 Å². The van der Waals surface area contributed by atoms with Crippen LogP contribution in [0.3, 0.4) is 0 Å². The Labute approximate surface area is 247 Å². The zero-order chi connectivity index (χ0) is 31.8. The molecule has 0 aromatic heterocycles. The average molecular weight is 601 g/mol. The van der Waals surface area contributed by atoms with E-state index in [1.165, 1.54) is 31.2 Å². The second kappa shape index (κ2) is 14.2. The summed E-state index contributed by atoms with van der Waals surface area (Å²) in [6, 6.07) is 11.3. The van der Waals surface area contributed by atoms with Gasteiger partial charge in [0.05, 0.1) is 16.5 Å². The van der Waals surface area contributed by atoms with Gasteiger partial charge in [0.2, 0.25) is 17.6 Å². The molecular weight excluding hydrogens is 560 g/mol. The molecule has 0 spiro atoms. The van der Waals surface area contributed by atoms with Crippen LogP contribution < -0.4 is 21.3 Å². The predicted molar refractivity (Wildman–Crippen MR) is 158 cm³/mol. The number of carbonyl (C=O) groups excluding carboxylic acids is 5. The monoisotopic (exact) mass is 600 g/mol. The van der Waals surface area contributed by atoms with Gasteiger partial charge in [-0.2, -0.15) is 0 Å². The van der Waals surface area contributed by atoms with Gasteiger partial charge in [-0.3, -0.25) is 24.0 Å². The molecule has 2 aromatic rings. The van der Waals surface area contributed by atoms with Crippen molar-refractivity contribution in [2.45, 2.75) is 71.1 Å². The van der Waals surface area contributed by atoms with Gasteiger partial charge < -0.3 is 21.3 Å². The Hall–Kier alpha value is -4.06. The van der Waals surface area contributed by atoms with Crippen molar-refractivity contribution in [3.63, 3.8) is 0 Å². The van der Waals surface area contributed by atoms with Crippen molar-refractivity contribution in [2.24, 2.45) is 11.3 Å². The quantitative estimate of drug-likeness (QED) is 0.269. The lowest BCUT2D eigenvalue weighted by atomic mass is 9.85. The minimum atomic E-state index is -3.72. The van der Waals surface area contributed by atoms with Crippen LogP contribution in [0.5, 0.6) is 0 Å². The van der Waals surface area contributed by atoms with Crippen molar-refractivity contribution in [3.8, 4) is 0 Å². The molecular formula is C30H40N4O7S. The number of Topliss-reactive ketones (excluding diaryl/α,β-unsaturated/α-hetero) is 1. The topological polar surface area (TPSA) is 168 Å². The highest BCUT2D eigenvalue weighted by Crippen LogP contribution is 2.22. The summed E-state index contributed by atoms with van der Waals surface area (Å²) in [6.45, 7) is 10.0. The molecule has 0 fully saturated rings. The second-order valence-electron chi connectivity index (χ2n) is 11.5. The van der Waals surface area contributed by atoms with Gasteiger partial charge in [-0.05, 0) is 36.0 Å². The highest BCUT2D eigenvalue weighted by atomic mass is 32.2. The normalized spacial score (nSPS) is 13.8. The van der Waals surface area contributed by atoms with Gasteiger partial charge in [0.1, 0.15) is 12.1 Å². The van der Waals surface area contributed by atoms with E-state index in [0.717, 1.165) is 11.8 Å². The van der Waals surface area contributed by atoms with E-state index in [9.17, 15) is 32.4 Å². The molecule has 2 aromatic carbocycles. The van der Waals surface area contributed by atoms with Crippen LogP contribution in [0.4, 0.5) is 0 Å². The van der Waals surface area contributed by atoms with Gasteiger partial charge in [-0.15, -0.1) is 0 Å². The van der Waals surface area contributed by atoms with Crippen LogP contribution in [-0.2, 0) is 35.6 Å². The Balaban J connectivity index is 2.11. The molecule has 0 unspecified atom stereocenters. The largest absolute Gasteiger partial charge is 0.345 e.